The number of aromatic nitrogens is 2. The first-order valence-electron chi connectivity index (χ1n) is 9.20. The zero-order valence-corrected chi connectivity index (χ0v) is 16.5. The Morgan fingerprint density at radius 2 is 2.12 bits per heavy atom. The molecule has 2 N–H and O–H groups in total. The summed E-state index contributed by atoms with van der Waals surface area (Å²) >= 11 is 6.10. The van der Waals surface area contributed by atoms with Gasteiger partial charge in [0.1, 0.15) is 0 Å². The summed E-state index contributed by atoms with van der Waals surface area (Å²) in [6.07, 6.45) is 4.34. The molecule has 0 aliphatic carbocycles. The van der Waals surface area contributed by atoms with Gasteiger partial charge in [-0.25, -0.2) is 4.68 Å². The fourth-order valence-electron chi connectivity index (χ4n) is 3.17. The van der Waals surface area contributed by atoms with Crippen LogP contribution >= 0.6 is 11.6 Å². The Balaban J connectivity index is 2.22. The van der Waals surface area contributed by atoms with Gasteiger partial charge in [-0.05, 0) is 42.9 Å². The summed E-state index contributed by atoms with van der Waals surface area (Å²) in [5, 5.41) is 17.2. The van der Waals surface area contributed by atoms with Crippen molar-refractivity contribution in [3.63, 3.8) is 0 Å². The maximum atomic E-state index is 12.7. The summed E-state index contributed by atoms with van der Waals surface area (Å²) in [6, 6.07) is 7.44. The molecule has 0 aliphatic rings. The number of benzene rings is 1. The highest BCUT2D eigenvalue weighted by atomic mass is 35.5. The minimum absolute atomic E-state index is 0.124. The molecule has 5 nitrogen and oxygen atoms in total. The van der Waals surface area contributed by atoms with E-state index in [2.05, 4.69) is 17.3 Å². The Kier molecular flexibility index (Phi) is 7.66. The van der Waals surface area contributed by atoms with E-state index in [1.54, 1.807) is 10.9 Å². The summed E-state index contributed by atoms with van der Waals surface area (Å²) in [5.41, 5.74) is 2.28. The van der Waals surface area contributed by atoms with Gasteiger partial charge in [-0.15, -0.1) is 0 Å². The average Bonchev–Trinajstić information content (AvgIpc) is 3.05. The van der Waals surface area contributed by atoms with Crippen molar-refractivity contribution in [2.75, 3.05) is 13.2 Å². The zero-order valence-electron chi connectivity index (χ0n) is 15.7. The lowest BCUT2D eigenvalue weighted by molar-refractivity contribution is 0.0941. The summed E-state index contributed by atoms with van der Waals surface area (Å²) in [7, 11) is 0. The molecule has 2 aromatic rings. The van der Waals surface area contributed by atoms with Crippen LogP contribution in [0.25, 0.3) is 5.69 Å². The van der Waals surface area contributed by atoms with Crippen LogP contribution in [0.2, 0.25) is 5.02 Å². The standard InChI is InChI=1S/C20H28ClN3O2/c1-4-6-15(9-10-25)12-22-20(26)18-13-23-24(19(18)14(2)3)17-8-5-7-16(21)11-17/h5,7-8,11,13-15,25H,4,6,9-10,12H2,1-3H3,(H,22,26)/t15-/m1/s1. The maximum Gasteiger partial charge on any atom is 0.254 e. The molecule has 0 bridgehead atoms. The van der Waals surface area contributed by atoms with Crippen molar-refractivity contribution in [2.24, 2.45) is 5.92 Å². The first-order valence-corrected chi connectivity index (χ1v) is 9.58. The molecule has 1 amide bonds. The smallest absolute Gasteiger partial charge is 0.254 e. The summed E-state index contributed by atoms with van der Waals surface area (Å²) in [6.45, 7) is 6.90. The van der Waals surface area contributed by atoms with Crippen molar-refractivity contribution in [1.29, 1.82) is 0 Å². The van der Waals surface area contributed by atoms with Crippen molar-refractivity contribution in [1.82, 2.24) is 15.1 Å². The predicted molar refractivity (Wildman–Crippen MR) is 105 cm³/mol. The highest BCUT2D eigenvalue weighted by Crippen LogP contribution is 2.24. The summed E-state index contributed by atoms with van der Waals surface area (Å²) < 4.78 is 1.78. The number of hydrogen-bond donors (Lipinski definition) is 2. The van der Waals surface area contributed by atoms with E-state index in [0.717, 1.165) is 24.2 Å². The molecule has 0 fully saturated rings. The molecule has 6 heteroatoms. The molecule has 1 aromatic heterocycles. The third kappa shape index (κ3) is 5.08. The number of halogens is 1. The van der Waals surface area contributed by atoms with Crippen molar-refractivity contribution >= 4 is 17.5 Å². The fraction of sp³-hybridized carbons (Fsp3) is 0.500. The lowest BCUT2D eigenvalue weighted by Crippen LogP contribution is -2.30. The van der Waals surface area contributed by atoms with Crippen molar-refractivity contribution < 1.29 is 9.90 Å². The van der Waals surface area contributed by atoms with Crippen LogP contribution in [0, 0.1) is 5.92 Å². The Bertz CT molecular complexity index is 722. The van der Waals surface area contributed by atoms with E-state index in [1.165, 1.54) is 0 Å². The number of amides is 1. The van der Waals surface area contributed by atoms with Crippen molar-refractivity contribution in [2.45, 2.75) is 46.0 Å². The highest BCUT2D eigenvalue weighted by molar-refractivity contribution is 6.30. The topological polar surface area (TPSA) is 67.2 Å². The normalized spacial score (nSPS) is 12.4. The molecule has 0 spiro atoms. The number of aliphatic hydroxyl groups is 1. The van der Waals surface area contributed by atoms with Crippen LogP contribution in [0.15, 0.2) is 30.5 Å². The second-order valence-electron chi connectivity index (χ2n) is 6.87. The van der Waals surface area contributed by atoms with Gasteiger partial charge >= 0.3 is 0 Å². The Labute approximate surface area is 160 Å². The Hall–Kier alpha value is -1.85. The average molecular weight is 378 g/mol. The van der Waals surface area contributed by atoms with E-state index < -0.39 is 0 Å². The van der Waals surface area contributed by atoms with Gasteiger partial charge in [0.2, 0.25) is 0 Å². The number of carbonyl (C=O) groups is 1. The molecule has 142 valence electrons. The van der Waals surface area contributed by atoms with E-state index >= 15 is 0 Å². The fourth-order valence-corrected chi connectivity index (χ4v) is 3.36. The van der Waals surface area contributed by atoms with Gasteiger partial charge in [-0.2, -0.15) is 5.10 Å². The SMILES string of the molecule is CCC[C@H](CCO)CNC(=O)c1cnn(-c2cccc(Cl)c2)c1C(C)C. The molecule has 1 aromatic carbocycles. The third-order valence-corrected chi connectivity index (χ3v) is 4.67. The zero-order chi connectivity index (χ0) is 19.1. The van der Waals surface area contributed by atoms with Crippen LogP contribution < -0.4 is 5.32 Å². The van der Waals surface area contributed by atoms with Crippen LogP contribution in [0.4, 0.5) is 0 Å². The first-order chi connectivity index (χ1) is 12.5. The maximum absolute atomic E-state index is 12.7. The van der Waals surface area contributed by atoms with E-state index in [9.17, 15) is 9.90 Å². The molecule has 0 aliphatic heterocycles. The molecule has 26 heavy (non-hydrogen) atoms. The number of hydrogen-bond acceptors (Lipinski definition) is 3. The third-order valence-electron chi connectivity index (χ3n) is 4.44. The lowest BCUT2D eigenvalue weighted by Gasteiger charge is -2.17. The van der Waals surface area contributed by atoms with E-state index in [1.807, 2.05) is 38.1 Å². The van der Waals surface area contributed by atoms with Gasteiger partial charge in [0.25, 0.3) is 5.91 Å². The summed E-state index contributed by atoms with van der Waals surface area (Å²) in [4.78, 5) is 12.7. The number of aliphatic hydroxyl groups excluding tert-OH is 1. The first kappa shape index (κ1) is 20.5. The Morgan fingerprint density at radius 1 is 1.35 bits per heavy atom. The minimum Gasteiger partial charge on any atom is -0.396 e. The lowest BCUT2D eigenvalue weighted by atomic mass is 10.00. The monoisotopic (exact) mass is 377 g/mol. The van der Waals surface area contributed by atoms with Crippen molar-refractivity contribution in [3.8, 4) is 5.69 Å². The predicted octanol–water partition coefficient (Wildman–Crippen LogP) is 4.18. The molecule has 0 radical (unpaired) electrons. The van der Waals surface area contributed by atoms with E-state index in [0.29, 0.717) is 29.5 Å². The molecule has 0 saturated heterocycles. The van der Waals surface area contributed by atoms with Gasteiger partial charge in [0, 0.05) is 18.2 Å². The molecular formula is C20H28ClN3O2. The molecule has 0 unspecified atom stereocenters. The molecular weight excluding hydrogens is 350 g/mol. The second-order valence-corrected chi connectivity index (χ2v) is 7.30. The van der Waals surface area contributed by atoms with E-state index in [-0.39, 0.29) is 18.4 Å². The molecule has 1 atom stereocenters. The minimum atomic E-state index is -0.124. The van der Waals surface area contributed by atoms with Gasteiger partial charge in [0.05, 0.1) is 23.1 Å². The van der Waals surface area contributed by atoms with E-state index in [4.69, 9.17) is 11.6 Å². The van der Waals surface area contributed by atoms with Crippen molar-refractivity contribution in [3.05, 3.63) is 46.7 Å². The van der Waals surface area contributed by atoms with Gasteiger partial charge in [-0.3, -0.25) is 4.79 Å². The quantitative estimate of drug-likeness (QED) is 0.688. The molecule has 0 saturated carbocycles. The number of nitrogens with one attached hydrogen (secondary N) is 1. The van der Waals surface area contributed by atoms with Crippen LogP contribution in [-0.4, -0.2) is 33.9 Å². The van der Waals surface area contributed by atoms with Crippen LogP contribution in [-0.2, 0) is 0 Å². The number of carbonyl (C=O) groups excluding carboxylic acids is 1. The van der Waals surface area contributed by atoms with Crippen LogP contribution in [0.1, 0.15) is 62.0 Å². The molecule has 2 rings (SSSR count). The highest BCUT2D eigenvalue weighted by Gasteiger charge is 2.21. The second kappa shape index (κ2) is 9.74. The van der Waals surface area contributed by atoms with Crippen LogP contribution in [0.3, 0.4) is 0 Å². The summed E-state index contributed by atoms with van der Waals surface area (Å²) in [5.74, 6) is 0.293. The molecule has 1 heterocycles. The number of rotatable bonds is 9. The van der Waals surface area contributed by atoms with Gasteiger partial charge < -0.3 is 10.4 Å². The van der Waals surface area contributed by atoms with Crippen LogP contribution in [0.5, 0.6) is 0 Å². The largest absolute Gasteiger partial charge is 0.396 e. The van der Waals surface area contributed by atoms with Gasteiger partial charge in [0.15, 0.2) is 0 Å². The Morgan fingerprint density at radius 3 is 2.73 bits per heavy atom. The number of nitrogens with zero attached hydrogens (tertiary/aromatic N) is 2. The van der Waals surface area contributed by atoms with Gasteiger partial charge in [-0.1, -0.05) is 44.9 Å².